The van der Waals surface area contributed by atoms with E-state index in [2.05, 4.69) is 17.1 Å². The Balaban J connectivity index is 1.95. The highest BCUT2D eigenvalue weighted by Gasteiger charge is 2.23. The summed E-state index contributed by atoms with van der Waals surface area (Å²) in [4.78, 5) is 0. The summed E-state index contributed by atoms with van der Waals surface area (Å²) >= 11 is 1.46. The van der Waals surface area contributed by atoms with Crippen molar-refractivity contribution in [1.82, 2.24) is 10.2 Å². The maximum atomic E-state index is 5.84. The second-order valence-electron chi connectivity index (χ2n) is 4.08. The molecule has 1 aliphatic carbocycles. The van der Waals surface area contributed by atoms with Gasteiger partial charge in [-0.15, -0.1) is 5.10 Å². The second-order valence-corrected chi connectivity index (χ2v) is 5.11. The highest BCUT2D eigenvalue weighted by molar-refractivity contribution is 7.13. The predicted octanol–water partition coefficient (Wildman–Crippen LogP) is 1.95. The van der Waals surface area contributed by atoms with Gasteiger partial charge in [0.2, 0.25) is 0 Å². The minimum atomic E-state index is 0.317. The average molecular weight is 227 g/mol. The largest absolute Gasteiger partial charge is 0.465 e. The van der Waals surface area contributed by atoms with Gasteiger partial charge >= 0.3 is 0 Å². The van der Waals surface area contributed by atoms with Crippen LogP contribution in [-0.2, 0) is 6.54 Å². The zero-order valence-electron chi connectivity index (χ0n) is 8.98. The number of nitrogens with two attached hydrogens (primary N) is 1. The smallest absolute Gasteiger partial charge is 0.294 e. The SMILES string of the molecule is CC1CCCCC1Oc1nnc(CN)s1. The first kappa shape index (κ1) is 10.8. The Morgan fingerprint density at radius 3 is 2.87 bits per heavy atom. The van der Waals surface area contributed by atoms with Crippen LogP contribution in [0.25, 0.3) is 0 Å². The second kappa shape index (κ2) is 4.90. The van der Waals surface area contributed by atoms with E-state index in [1.165, 1.54) is 30.6 Å². The van der Waals surface area contributed by atoms with Gasteiger partial charge < -0.3 is 10.5 Å². The molecule has 4 nitrogen and oxygen atoms in total. The molecule has 1 heterocycles. The van der Waals surface area contributed by atoms with Crippen molar-refractivity contribution in [3.8, 4) is 5.19 Å². The lowest BCUT2D eigenvalue weighted by Gasteiger charge is -2.27. The molecule has 0 aromatic carbocycles. The molecule has 15 heavy (non-hydrogen) atoms. The maximum Gasteiger partial charge on any atom is 0.294 e. The van der Waals surface area contributed by atoms with Crippen molar-refractivity contribution in [1.29, 1.82) is 0 Å². The lowest BCUT2D eigenvalue weighted by atomic mass is 9.88. The Morgan fingerprint density at radius 1 is 1.40 bits per heavy atom. The standard InChI is InChI=1S/C10H17N3OS/c1-7-4-2-3-5-8(7)14-10-13-12-9(6-11)15-10/h7-8H,2-6,11H2,1H3. The van der Waals surface area contributed by atoms with Gasteiger partial charge in [0, 0.05) is 6.54 Å². The number of ether oxygens (including phenoxy) is 1. The molecule has 0 amide bonds. The normalized spacial score (nSPS) is 26.5. The van der Waals surface area contributed by atoms with Crippen molar-refractivity contribution in [3.63, 3.8) is 0 Å². The number of rotatable bonds is 3. The summed E-state index contributed by atoms with van der Waals surface area (Å²) < 4.78 is 5.84. The van der Waals surface area contributed by atoms with Gasteiger partial charge in [-0.05, 0) is 25.2 Å². The zero-order chi connectivity index (χ0) is 10.7. The van der Waals surface area contributed by atoms with E-state index >= 15 is 0 Å². The molecule has 0 saturated heterocycles. The van der Waals surface area contributed by atoms with E-state index in [0.717, 1.165) is 11.4 Å². The fourth-order valence-corrected chi connectivity index (χ4v) is 2.58. The Morgan fingerprint density at radius 2 is 2.20 bits per heavy atom. The van der Waals surface area contributed by atoms with E-state index in [-0.39, 0.29) is 0 Å². The zero-order valence-corrected chi connectivity index (χ0v) is 9.80. The van der Waals surface area contributed by atoms with E-state index in [0.29, 0.717) is 23.8 Å². The number of nitrogens with zero attached hydrogens (tertiary/aromatic N) is 2. The van der Waals surface area contributed by atoms with Gasteiger partial charge in [0.25, 0.3) is 5.19 Å². The Kier molecular flexibility index (Phi) is 3.53. The number of aromatic nitrogens is 2. The summed E-state index contributed by atoms with van der Waals surface area (Å²) in [5.74, 6) is 0.629. The minimum Gasteiger partial charge on any atom is -0.465 e. The van der Waals surface area contributed by atoms with Crippen LogP contribution >= 0.6 is 11.3 Å². The van der Waals surface area contributed by atoms with E-state index in [1.54, 1.807) is 0 Å². The molecule has 0 radical (unpaired) electrons. The fourth-order valence-electron chi connectivity index (χ4n) is 1.96. The first-order chi connectivity index (χ1) is 7.29. The highest BCUT2D eigenvalue weighted by Crippen LogP contribution is 2.29. The predicted molar refractivity (Wildman–Crippen MR) is 59.8 cm³/mol. The molecule has 2 atom stereocenters. The molecule has 1 aromatic rings. The van der Waals surface area contributed by atoms with Crippen molar-refractivity contribution in [2.75, 3.05) is 0 Å². The third-order valence-corrected chi connectivity index (χ3v) is 3.74. The van der Waals surface area contributed by atoms with E-state index in [1.807, 2.05) is 0 Å². The molecule has 1 saturated carbocycles. The molecule has 1 aromatic heterocycles. The maximum absolute atomic E-state index is 5.84. The lowest BCUT2D eigenvalue weighted by molar-refractivity contribution is 0.101. The van der Waals surface area contributed by atoms with Crippen LogP contribution in [0, 0.1) is 5.92 Å². The van der Waals surface area contributed by atoms with Crippen LogP contribution in [0.3, 0.4) is 0 Å². The molecule has 2 unspecified atom stereocenters. The molecular weight excluding hydrogens is 210 g/mol. The first-order valence-electron chi connectivity index (χ1n) is 5.48. The summed E-state index contributed by atoms with van der Waals surface area (Å²) in [6, 6.07) is 0. The molecule has 2 N–H and O–H groups in total. The fraction of sp³-hybridized carbons (Fsp3) is 0.800. The summed E-state index contributed by atoms with van der Waals surface area (Å²) in [6.45, 7) is 2.69. The topological polar surface area (TPSA) is 61.0 Å². The van der Waals surface area contributed by atoms with Crippen molar-refractivity contribution >= 4 is 11.3 Å². The molecule has 1 fully saturated rings. The van der Waals surface area contributed by atoms with Gasteiger partial charge in [-0.1, -0.05) is 29.8 Å². The van der Waals surface area contributed by atoms with Crippen LogP contribution in [-0.4, -0.2) is 16.3 Å². The molecule has 0 spiro atoms. The Bertz CT molecular complexity index is 315. The Hall–Kier alpha value is -0.680. The van der Waals surface area contributed by atoms with Crippen LogP contribution in [0.4, 0.5) is 0 Å². The molecule has 0 aliphatic heterocycles. The van der Waals surface area contributed by atoms with E-state index in [9.17, 15) is 0 Å². The van der Waals surface area contributed by atoms with Crippen molar-refractivity contribution in [2.24, 2.45) is 11.7 Å². The third-order valence-electron chi connectivity index (χ3n) is 2.91. The molecule has 5 heteroatoms. The van der Waals surface area contributed by atoms with Gasteiger partial charge in [-0.3, -0.25) is 0 Å². The molecule has 0 bridgehead atoms. The van der Waals surface area contributed by atoms with Gasteiger partial charge in [0.05, 0.1) is 0 Å². The van der Waals surface area contributed by atoms with E-state index < -0.39 is 0 Å². The molecule has 84 valence electrons. The molecule has 1 aliphatic rings. The average Bonchev–Trinajstić information content (AvgIpc) is 2.69. The van der Waals surface area contributed by atoms with Gasteiger partial charge in [0.1, 0.15) is 11.1 Å². The summed E-state index contributed by atoms with van der Waals surface area (Å²) in [6.07, 6.45) is 5.30. The number of hydrogen-bond donors (Lipinski definition) is 1. The van der Waals surface area contributed by atoms with Crippen molar-refractivity contribution < 1.29 is 4.74 Å². The Labute approximate surface area is 93.8 Å². The first-order valence-corrected chi connectivity index (χ1v) is 6.30. The summed E-state index contributed by atoms with van der Waals surface area (Å²) in [7, 11) is 0. The minimum absolute atomic E-state index is 0.317. The summed E-state index contributed by atoms with van der Waals surface area (Å²) in [5, 5.41) is 9.44. The molecule has 2 rings (SSSR count). The lowest BCUT2D eigenvalue weighted by Crippen LogP contribution is -2.28. The molecular formula is C10H17N3OS. The van der Waals surface area contributed by atoms with Crippen LogP contribution in [0.5, 0.6) is 5.19 Å². The van der Waals surface area contributed by atoms with Gasteiger partial charge in [-0.2, -0.15) is 0 Å². The van der Waals surface area contributed by atoms with Crippen LogP contribution in [0.15, 0.2) is 0 Å². The van der Waals surface area contributed by atoms with Gasteiger partial charge in [0.15, 0.2) is 0 Å². The van der Waals surface area contributed by atoms with Gasteiger partial charge in [-0.25, -0.2) is 0 Å². The van der Waals surface area contributed by atoms with Crippen LogP contribution < -0.4 is 10.5 Å². The number of hydrogen-bond acceptors (Lipinski definition) is 5. The third kappa shape index (κ3) is 2.66. The van der Waals surface area contributed by atoms with Crippen molar-refractivity contribution in [3.05, 3.63) is 5.01 Å². The summed E-state index contributed by atoms with van der Waals surface area (Å²) in [5.41, 5.74) is 5.48. The van der Waals surface area contributed by atoms with Crippen molar-refractivity contribution in [2.45, 2.75) is 45.3 Å². The quantitative estimate of drug-likeness (QED) is 0.857. The highest BCUT2D eigenvalue weighted by atomic mass is 32.1. The van der Waals surface area contributed by atoms with Crippen LogP contribution in [0.1, 0.15) is 37.6 Å². The van der Waals surface area contributed by atoms with Crippen LogP contribution in [0.2, 0.25) is 0 Å². The monoisotopic (exact) mass is 227 g/mol. The van der Waals surface area contributed by atoms with E-state index in [4.69, 9.17) is 10.5 Å².